The number of aliphatic hydroxyl groups is 1. The zero-order valence-corrected chi connectivity index (χ0v) is 22.3. The highest BCUT2D eigenvalue weighted by Gasteiger charge is 2.48. The number of rotatable bonds is 8. The number of carbonyl (C=O) groups excluding carboxylic acids is 3. The molecular weight excluding hydrogens is 512 g/mol. The van der Waals surface area contributed by atoms with Crippen LogP contribution in [0.4, 0.5) is 5.13 Å². The minimum Gasteiger partial charge on any atom is -0.507 e. The summed E-state index contributed by atoms with van der Waals surface area (Å²) in [5.41, 5.74) is 0.986. The van der Waals surface area contributed by atoms with Crippen LogP contribution in [-0.2, 0) is 14.3 Å². The Kier molecular flexibility index (Phi) is 7.67. The smallest absolute Gasteiger partial charge is 0.350 e. The van der Waals surface area contributed by atoms with Gasteiger partial charge >= 0.3 is 11.9 Å². The molecule has 0 saturated carbocycles. The minimum atomic E-state index is -1.07. The van der Waals surface area contributed by atoms with Crippen LogP contribution in [0.25, 0.3) is 5.76 Å². The molecule has 0 aliphatic carbocycles. The number of nitrogens with zero attached hydrogens (tertiary/aromatic N) is 2. The molecule has 0 bridgehead atoms. The number of anilines is 1. The Morgan fingerprint density at radius 2 is 1.74 bits per heavy atom. The molecule has 1 saturated heterocycles. The number of hydrogen-bond acceptors (Lipinski definition) is 10. The minimum absolute atomic E-state index is 0.107. The van der Waals surface area contributed by atoms with Crippen molar-refractivity contribution in [1.82, 2.24) is 4.98 Å². The molecule has 1 atom stereocenters. The molecule has 10 nitrogen and oxygen atoms in total. The third-order valence-corrected chi connectivity index (χ3v) is 7.11. The summed E-state index contributed by atoms with van der Waals surface area (Å²) in [5, 5.41) is 11.4. The van der Waals surface area contributed by atoms with Gasteiger partial charge in [0.2, 0.25) is 0 Å². The van der Waals surface area contributed by atoms with Gasteiger partial charge < -0.3 is 24.1 Å². The van der Waals surface area contributed by atoms with Crippen molar-refractivity contribution < 1.29 is 38.4 Å². The van der Waals surface area contributed by atoms with Crippen LogP contribution in [-0.4, -0.2) is 55.7 Å². The van der Waals surface area contributed by atoms with Crippen molar-refractivity contribution in [2.75, 3.05) is 32.8 Å². The van der Waals surface area contributed by atoms with Crippen molar-refractivity contribution in [3.63, 3.8) is 0 Å². The fourth-order valence-corrected chi connectivity index (χ4v) is 5.18. The molecule has 1 amide bonds. The van der Waals surface area contributed by atoms with Crippen molar-refractivity contribution in [1.29, 1.82) is 0 Å². The zero-order valence-electron chi connectivity index (χ0n) is 21.4. The first-order valence-electron chi connectivity index (χ1n) is 11.6. The Hall–Kier alpha value is -4.38. The van der Waals surface area contributed by atoms with Gasteiger partial charge in [0.15, 0.2) is 16.6 Å². The number of aryl methyl sites for hydroxylation is 1. The normalized spacial score (nSPS) is 16.4. The van der Waals surface area contributed by atoms with Gasteiger partial charge in [0.1, 0.15) is 16.4 Å². The van der Waals surface area contributed by atoms with E-state index >= 15 is 0 Å². The summed E-state index contributed by atoms with van der Waals surface area (Å²) >= 11 is 0.919. The molecule has 4 rings (SSSR count). The summed E-state index contributed by atoms with van der Waals surface area (Å²) in [6.45, 7) is 3.93. The molecule has 1 fully saturated rings. The third-order valence-electron chi connectivity index (χ3n) is 5.97. The lowest BCUT2D eigenvalue weighted by atomic mass is 9.95. The van der Waals surface area contributed by atoms with E-state index in [4.69, 9.17) is 18.9 Å². The van der Waals surface area contributed by atoms with Crippen LogP contribution >= 0.6 is 11.3 Å². The van der Waals surface area contributed by atoms with Crippen molar-refractivity contribution in [2.45, 2.75) is 19.9 Å². The molecule has 0 spiro atoms. The monoisotopic (exact) mass is 538 g/mol. The average molecular weight is 539 g/mol. The van der Waals surface area contributed by atoms with Crippen molar-refractivity contribution in [3.05, 3.63) is 69.7 Å². The number of ketones is 1. The maximum absolute atomic E-state index is 13.4. The Bertz CT molecular complexity index is 1430. The molecule has 2 aromatic carbocycles. The quantitative estimate of drug-likeness (QED) is 0.194. The highest BCUT2D eigenvalue weighted by atomic mass is 32.1. The first-order chi connectivity index (χ1) is 18.2. The summed E-state index contributed by atoms with van der Waals surface area (Å²) in [6.07, 6.45) is 0. The molecule has 1 N–H and O–H groups in total. The molecule has 2 heterocycles. The Labute approximate surface area is 223 Å². The number of amides is 1. The number of thiazole rings is 1. The number of hydrogen-bond donors (Lipinski definition) is 1. The average Bonchev–Trinajstić information content (AvgIpc) is 3.44. The van der Waals surface area contributed by atoms with Crippen molar-refractivity contribution >= 4 is 39.9 Å². The lowest BCUT2D eigenvalue weighted by Crippen LogP contribution is -2.29. The van der Waals surface area contributed by atoms with E-state index in [1.165, 1.54) is 26.2 Å². The fraction of sp³-hybridized carbons (Fsp3) is 0.259. The Morgan fingerprint density at radius 3 is 2.34 bits per heavy atom. The first kappa shape index (κ1) is 26.7. The van der Waals surface area contributed by atoms with Gasteiger partial charge in [-0.05, 0) is 55.8 Å². The molecule has 198 valence electrons. The van der Waals surface area contributed by atoms with Crippen LogP contribution in [0.15, 0.2) is 48.0 Å². The Morgan fingerprint density at radius 1 is 1.05 bits per heavy atom. The zero-order chi connectivity index (χ0) is 27.6. The lowest BCUT2D eigenvalue weighted by molar-refractivity contribution is -0.132. The number of Topliss-reactive ketones (excluding diaryl/α,β-unsaturated/α-hetero) is 1. The van der Waals surface area contributed by atoms with Crippen LogP contribution in [0.5, 0.6) is 17.2 Å². The van der Waals surface area contributed by atoms with E-state index in [0.717, 1.165) is 11.3 Å². The number of methoxy groups -OCH3 is 3. The van der Waals surface area contributed by atoms with Crippen LogP contribution in [0.2, 0.25) is 0 Å². The van der Waals surface area contributed by atoms with Gasteiger partial charge in [-0.15, -0.1) is 0 Å². The molecule has 0 radical (unpaired) electrons. The Balaban J connectivity index is 1.93. The predicted octanol–water partition coefficient (Wildman–Crippen LogP) is 4.28. The molecule has 3 aromatic rings. The van der Waals surface area contributed by atoms with Gasteiger partial charge in [-0.3, -0.25) is 14.5 Å². The number of ether oxygens (including phenoxy) is 4. The maximum Gasteiger partial charge on any atom is 0.350 e. The largest absolute Gasteiger partial charge is 0.507 e. The summed E-state index contributed by atoms with van der Waals surface area (Å²) in [7, 11) is 4.20. The molecule has 1 aromatic heterocycles. The second-order valence-electron chi connectivity index (χ2n) is 8.14. The van der Waals surface area contributed by atoms with Crippen molar-refractivity contribution in [3.8, 4) is 17.2 Å². The van der Waals surface area contributed by atoms with Crippen LogP contribution < -0.4 is 19.1 Å². The van der Waals surface area contributed by atoms with E-state index in [-0.39, 0.29) is 21.3 Å². The standard InChI is InChI=1S/C27H26N2O8S/c1-6-37-17-10-7-15(8-11-17)22(30)20-21(16-9-12-18(34-3)19(13-16)35-4)29(25(32)23(20)31)27-28-14(2)24(38-27)26(33)36-5/h7-13,21,30H,6H2,1-5H3/b22-20-. The summed E-state index contributed by atoms with van der Waals surface area (Å²) in [5.74, 6) is -1.38. The summed E-state index contributed by atoms with van der Waals surface area (Å²) in [4.78, 5) is 44.8. The van der Waals surface area contributed by atoms with Gasteiger partial charge in [0.25, 0.3) is 5.78 Å². The van der Waals surface area contributed by atoms with E-state index in [9.17, 15) is 19.5 Å². The number of benzene rings is 2. The molecular formula is C27H26N2O8S. The molecule has 1 aliphatic rings. The summed E-state index contributed by atoms with van der Waals surface area (Å²) in [6, 6.07) is 10.4. The highest BCUT2D eigenvalue weighted by molar-refractivity contribution is 7.17. The van der Waals surface area contributed by atoms with Crippen LogP contribution in [0, 0.1) is 6.92 Å². The summed E-state index contributed by atoms with van der Waals surface area (Å²) < 4.78 is 21.1. The van der Waals surface area contributed by atoms with Gasteiger partial charge in [-0.25, -0.2) is 9.78 Å². The number of aromatic nitrogens is 1. The number of carbonyl (C=O) groups is 3. The molecule has 38 heavy (non-hydrogen) atoms. The van der Waals surface area contributed by atoms with Crippen LogP contribution in [0.3, 0.4) is 0 Å². The third kappa shape index (κ3) is 4.68. The second kappa shape index (κ2) is 10.9. The van der Waals surface area contributed by atoms with Crippen LogP contribution in [0.1, 0.15) is 39.5 Å². The van der Waals surface area contributed by atoms with Gasteiger partial charge in [0.05, 0.1) is 45.2 Å². The van der Waals surface area contributed by atoms with E-state index in [1.807, 2.05) is 6.92 Å². The topological polar surface area (TPSA) is 124 Å². The molecule has 1 aliphatic heterocycles. The predicted molar refractivity (Wildman–Crippen MR) is 140 cm³/mol. The lowest BCUT2D eigenvalue weighted by Gasteiger charge is -2.23. The molecule has 1 unspecified atom stereocenters. The van der Waals surface area contributed by atoms with Gasteiger partial charge in [-0.1, -0.05) is 17.4 Å². The van der Waals surface area contributed by atoms with Gasteiger partial charge in [-0.2, -0.15) is 0 Å². The highest BCUT2D eigenvalue weighted by Crippen LogP contribution is 2.45. The number of esters is 1. The maximum atomic E-state index is 13.4. The number of aliphatic hydroxyl groups excluding tert-OH is 1. The van der Waals surface area contributed by atoms with E-state index in [0.29, 0.717) is 40.7 Å². The van der Waals surface area contributed by atoms with Crippen molar-refractivity contribution in [2.24, 2.45) is 0 Å². The van der Waals surface area contributed by atoms with E-state index in [1.54, 1.807) is 49.4 Å². The van der Waals surface area contributed by atoms with Gasteiger partial charge in [0, 0.05) is 5.56 Å². The molecule has 11 heteroatoms. The van der Waals surface area contributed by atoms with E-state index < -0.39 is 23.7 Å². The first-order valence-corrected chi connectivity index (χ1v) is 12.4. The second-order valence-corrected chi connectivity index (χ2v) is 9.12. The fourth-order valence-electron chi connectivity index (χ4n) is 4.17. The SMILES string of the molecule is CCOc1ccc(/C(O)=C2/C(=O)C(=O)N(c3nc(C)c(C(=O)OC)s3)C2c2ccc(OC)c(OC)c2)cc1. The van der Waals surface area contributed by atoms with E-state index in [2.05, 4.69) is 4.98 Å².